The molecule has 0 heterocycles. The Morgan fingerprint density at radius 1 is 0.105 bits per heavy atom. The predicted octanol–water partition coefficient (Wildman–Crippen LogP) is 7.41. The lowest BCUT2D eigenvalue weighted by molar-refractivity contribution is 0.504. The fourth-order valence-corrected chi connectivity index (χ4v) is 2.83. The molecule has 0 unspecified atom stereocenters. The first-order valence-corrected chi connectivity index (χ1v) is 9.50. The first-order chi connectivity index (χ1) is 9.50. The first kappa shape index (κ1) is 17.1. The van der Waals surface area contributed by atoms with Gasteiger partial charge in [-0.05, 0) is 0 Å². The smallest absolute Gasteiger partial charge is 0.0533 e. The van der Waals surface area contributed by atoms with Crippen LogP contribution in [0.5, 0.6) is 0 Å². The summed E-state index contributed by atoms with van der Waals surface area (Å²) in [5.41, 5.74) is 0. The van der Waals surface area contributed by atoms with Crippen LogP contribution in [0.1, 0.15) is 122 Å². The molecule has 0 aromatic rings. The van der Waals surface area contributed by atoms with Gasteiger partial charge >= 0.3 is 0 Å². The van der Waals surface area contributed by atoms with Crippen molar-refractivity contribution in [3.63, 3.8) is 0 Å². The van der Waals surface area contributed by atoms with E-state index in [2.05, 4.69) is 0 Å². The molecule has 0 bridgehead atoms. The van der Waals surface area contributed by atoms with E-state index in [0.717, 1.165) is 0 Å². The molecule has 19 heavy (non-hydrogen) atoms. The lowest BCUT2D eigenvalue weighted by Gasteiger charge is -2.05. The molecular weight excluding hydrogens is 228 g/mol. The lowest BCUT2D eigenvalue weighted by Crippen LogP contribution is -1.85. The van der Waals surface area contributed by atoms with Crippen molar-refractivity contribution in [2.24, 2.45) is 0 Å². The standard InChI is InChI=1S/2C8H16.C3H6/c2*1-2-4-6-8-7-5-3-1;1-2-3-1/h2*1-8H2;1-3H2. The topological polar surface area (TPSA) is 0 Å². The molecule has 0 aromatic heterocycles. The Balaban J connectivity index is 0.000000156. The minimum Gasteiger partial charge on any atom is -0.0533 e. The van der Waals surface area contributed by atoms with Crippen molar-refractivity contribution in [1.29, 1.82) is 0 Å². The minimum atomic E-state index is 1.50. The largest absolute Gasteiger partial charge is 0.0533 e. The van der Waals surface area contributed by atoms with Gasteiger partial charge in [0.2, 0.25) is 0 Å². The second-order valence-electron chi connectivity index (χ2n) is 6.72. The summed E-state index contributed by atoms with van der Waals surface area (Å²) < 4.78 is 0. The van der Waals surface area contributed by atoms with E-state index in [4.69, 9.17) is 0 Å². The van der Waals surface area contributed by atoms with Gasteiger partial charge in [-0.2, -0.15) is 0 Å². The molecule has 0 heteroatoms. The third kappa shape index (κ3) is 15.9. The van der Waals surface area contributed by atoms with E-state index in [9.17, 15) is 0 Å². The van der Waals surface area contributed by atoms with Crippen LogP contribution < -0.4 is 0 Å². The van der Waals surface area contributed by atoms with Gasteiger partial charge in [0.25, 0.3) is 0 Å². The third-order valence-corrected chi connectivity index (χ3v) is 4.35. The molecule has 0 aliphatic heterocycles. The molecule has 0 atom stereocenters. The molecule has 3 fully saturated rings. The molecule has 3 saturated carbocycles. The molecule has 3 aliphatic rings. The SMILES string of the molecule is C1CC1.C1CCCCCCC1.C1CCCCCCC1. The summed E-state index contributed by atoms with van der Waals surface area (Å²) in [6, 6.07) is 0. The Hall–Kier alpha value is 0. The molecule has 3 aliphatic carbocycles. The summed E-state index contributed by atoms with van der Waals surface area (Å²) in [6.45, 7) is 0. The third-order valence-electron chi connectivity index (χ3n) is 4.35. The summed E-state index contributed by atoms with van der Waals surface area (Å²) >= 11 is 0. The van der Waals surface area contributed by atoms with E-state index in [1.807, 2.05) is 0 Å². The highest BCUT2D eigenvalue weighted by atomic mass is 14.0. The van der Waals surface area contributed by atoms with E-state index in [-0.39, 0.29) is 0 Å². The van der Waals surface area contributed by atoms with Crippen LogP contribution in [-0.2, 0) is 0 Å². The quantitative estimate of drug-likeness (QED) is 0.428. The van der Waals surface area contributed by atoms with Crippen molar-refractivity contribution in [3.05, 3.63) is 0 Å². The van der Waals surface area contributed by atoms with Crippen LogP contribution in [0.2, 0.25) is 0 Å². The molecule has 0 nitrogen and oxygen atoms in total. The second-order valence-corrected chi connectivity index (χ2v) is 6.72. The van der Waals surface area contributed by atoms with E-state index in [0.29, 0.717) is 0 Å². The highest BCUT2D eigenvalue weighted by Gasteiger charge is 1.96. The van der Waals surface area contributed by atoms with E-state index in [1.165, 1.54) is 122 Å². The van der Waals surface area contributed by atoms with Crippen molar-refractivity contribution in [3.8, 4) is 0 Å². The Morgan fingerprint density at radius 3 is 0.211 bits per heavy atom. The molecule has 0 aromatic carbocycles. The van der Waals surface area contributed by atoms with Crippen LogP contribution in [0.25, 0.3) is 0 Å². The van der Waals surface area contributed by atoms with Crippen molar-refractivity contribution in [2.75, 3.05) is 0 Å². The maximum atomic E-state index is 1.50. The lowest BCUT2D eigenvalue weighted by atomic mass is 10.0. The number of rotatable bonds is 0. The zero-order valence-electron chi connectivity index (χ0n) is 13.4. The van der Waals surface area contributed by atoms with E-state index in [1.54, 1.807) is 0 Å². The molecule has 0 saturated heterocycles. The summed E-state index contributed by atoms with van der Waals surface area (Å²) in [6.07, 6.45) is 28.5. The van der Waals surface area contributed by atoms with Crippen molar-refractivity contribution >= 4 is 0 Å². The summed E-state index contributed by atoms with van der Waals surface area (Å²) in [5, 5.41) is 0. The average Bonchev–Trinajstić information content (AvgIpc) is 3.14. The van der Waals surface area contributed by atoms with Crippen LogP contribution in [-0.4, -0.2) is 0 Å². The molecular formula is C19H38. The predicted molar refractivity (Wildman–Crippen MR) is 87.7 cm³/mol. The maximum Gasteiger partial charge on any atom is -0.0533 e. The van der Waals surface area contributed by atoms with E-state index < -0.39 is 0 Å². The van der Waals surface area contributed by atoms with Gasteiger partial charge < -0.3 is 0 Å². The Kier molecular flexibility index (Phi) is 12.9. The van der Waals surface area contributed by atoms with Crippen LogP contribution in [0.15, 0.2) is 0 Å². The van der Waals surface area contributed by atoms with Crippen molar-refractivity contribution < 1.29 is 0 Å². The molecule has 3 rings (SSSR count). The number of hydrogen-bond donors (Lipinski definition) is 0. The van der Waals surface area contributed by atoms with Gasteiger partial charge in [0.05, 0.1) is 0 Å². The van der Waals surface area contributed by atoms with Crippen LogP contribution in [0.3, 0.4) is 0 Å². The molecule has 0 N–H and O–H groups in total. The van der Waals surface area contributed by atoms with Gasteiger partial charge in [-0.3, -0.25) is 0 Å². The Bertz CT molecular complexity index is 92.7. The van der Waals surface area contributed by atoms with Gasteiger partial charge in [0, 0.05) is 0 Å². The van der Waals surface area contributed by atoms with Gasteiger partial charge in [-0.25, -0.2) is 0 Å². The summed E-state index contributed by atoms with van der Waals surface area (Å²) in [5.74, 6) is 0. The summed E-state index contributed by atoms with van der Waals surface area (Å²) in [7, 11) is 0. The molecule has 0 radical (unpaired) electrons. The molecule has 0 spiro atoms. The maximum absolute atomic E-state index is 1.50. The monoisotopic (exact) mass is 266 g/mol. The highest BCUT2D eigenvalue weighted by Crippen LogP contribution is 2.16. The van der Waals surface area contributed by atoms with E-state index >= 15 is 0 Å². The fourth-order valence-electron chi connectivity index (χ4n) is 2.83. The second kappa shape index (κ2) is 14.4. The zero-order valence-corrected chi connectivity index (χ0v) is 13.4. The fraction of sp³-hybridized carbons (Fsp3) is 1.00. The van der Waals surface area contributed by atoms with Crippen molar-refractivity contribution in [2.45, 2.75) is 122 Å². The van der Waals surface area contributed by atoms with Crippen LogP contribution in [0, 0.1) is 0 Å². The minimum absolute atomic E-state index is 1.50. The zero-order chi connectivity index (χ0) is 13.4. The highest BCUT2D eigenvalue weighted by molar-refractivity contribution is 4.52. The normalized spacial score (nSPS) is 24.0. The Labute approximate surface area is 122 Å². The molecule has 0 amide bonds. The van der Waals surface area contributed by atoms with Gasteiger partial charge in [-0.15, -0.1) is 0 Å². The Morgan fingerprint density at radius 2 is 0.158 bits per heavy atom. The molecule has 114 valence electrons. The van der Waals surface area contributed by atoms with Gasteiger partial charge in [0.1, 0.15) is 0 Å². The van der Waals surface area contributed by atoms with Gasteiger partial charge in [0.15, 0.2) is 0 Å². The van der Waals surface area contributed by atoms with Crippen molar-refractivity contribution in [1.82, 2.24) is 0 Å². The van der Waals surface area contributed by atoms with Crippen LogP contribution in [0.4, 0.5) is 0 Å². The van der Waals surface area contributed by atoms with Crippen LogP contribution >= 0.6 is 0 Å². The summed E-state index contributed by atoms with van der Waals surface area (Å²) in [4.78, 5) is 0. The first-order valence-electron chi connectivity index (χ1n) is 9.50. The van der Waals surface area contributed by atoms with Gasteiger partial charge in [-0.1, -0.05) is 122 Å². The number of hydrogen-bond acceptors (Lipinski definition) is 0. The average molecular weight is 267 g/mol.